The summed E-state index contributed by atoms with van der Waals surface area (Å²) in [6.07, 6.45) is 2.15. The standard InChI is InChI=1S/C47H52ClN5O5S2/c1-34-31-43(19-20-45(34)49-40(33-59-42-8-3-2-4-9-42)23-26-51-24-21-37(22-25-51)47(55)56)60(57,58)50-46(54)36-13-17-41(18-14-36)53-29-27-52(28-30-53)32-38-7-5-6-10-44(38)35-11-15-39(48)16-12-35/h2-20,31,37,40,49H,21-30,32-33H2,1H3,(H,50,54)(H,55,56)/t40-/m1/s1. The van der Waals surface area contributed by atoms with E-state index in [9.17, 15) is 23.1 Å². The molecular formula is C47H52ClN5O5S2. The maximum Gasteiger partial charge on any atom is 0.306 e. The smallest absolute Gasteiger partial charge is 0.306 e. The number of rotatable bonds is 16. The summed E-state index contributed by atoms with van der Waals surface area (Å²) >= 11 is 7.89. The summed E-state index contributed by atoms with van der Waals surface area (Å²) in [5, 5.41) is 13.8. The van der Waals surface area contributed by atoms with E-state index in [1.54, 1.807) is 36.0 Å². The lowest BCUT2D eigenvalue weighted by Gasteiger charge is -2.36. The number of thioether (sulfide) groups is 1. The molecule has 0 aromatic heterocycles. The van der Waals surface area contributed by atoms with Gasteiger partial charge in [0.1, 0.15) is 0 Å². The van der Waals surface area contributed by atoms with E-state index >= 15 is 0 Å². The largest absolute Gasteiger partial charge is 0.481 e. The molecule has 3 N–H and O–H groups in total. The minimum absolute atomic E-state index is 0.0145. The number of nitrogens with zero attached hydrogens (tertiary/aromatic N) is 3. The number of aliphatic carboxylic acids is 1. The molecule has 0 saturated carbocycles. The molecule has 2 fully saturated rings. The minimum Gasteiger partial charge on any atom is -0.481 e. The van der Waals surface area contributed by atoms with Crippen LogP contribution in [0.1, 0.15) is 40.7 Å². The van der Waals surface area contributed by atoms with Crippen molar-refractivity contribution in [1.82, 2.24) is 14.5 Å². The number of carboxylic acids is 1. The van der Waals surface area contributed by atoms with Crippen molar-refractivity contribution in [1.29, 1.82) is 0 Å². The molecule has 0 bridgehead atoms. The molecule has 7 rings (SSSR count). The van der Waals surface area contributed by atoms with E-state index in [0.717, 1.165) is 97.0 Å². The number of likely N-dealkylation sites (tertiary alicyclic amines) is 1. The summed E-state index contributed by atoms with van der Waals surface area (Å²) in [6.45, 7) is 8.47. The van der Waals surface area contributed by atoms with Crippen molar-refractivity contribution < 1.29 is 23.1 Å². The third kappa shape index (κ3) is 11.5. The number of sulfonamides is 1. The van der Waals surface area contributed by atoms with E-state index in [1.807, 2.05) is 49.4 Å². The van der Waals surface area contributed by atoms with E-state index in [1.165, 1.54) is 17.2 Å². The van der Waals surface area contributed by atoms with Gasteiger partial charge >= 0.3 is 5.97 Å². The first kappa shape index (κ1) is 43.2. The summed E-state index contributed by atoms with van der Waals surface area (Å²) in [5.41, 5.74) is 6.43. The normalized spacial score (nSPS) is 16.0. The van der Waals surface area contributed by atoms with Crippen LogP contribution >= 0.6 is 23.4 Å². The van der Waals surface area contributed by atoms with Crippen LogP contribution in [0.15, 0.2) is 131 Å². The molecule has 2 saturated heterocycles. The van der Waals surface area contributed by atoms with Gasteiger partial charge in [0, 0.05) is 77.9 Å². The number of piperidine rings is 1. The average Bonchev–Trinajstić information content (AvgIpc) is 3.26. The quantitative estimate of drug-likeness (QED) is 0.0833. The van der Waals surface area contributed by atoms with E-state index in [0.29, 0.717) is 12.8 Å². The van der Waals surface area contributed by atoms with Crippen LogP contribution in [0, 0.1) is 12.8 Å². The third-order valence-electron chi connectivity index (χ3n) is 11.5. The molecule has 2 aliphatic rings. The summed E-state index contributed by atoms with van der Waals surface area (Å²) < 4.78 is 29.2. The molecule has 5 aromatic carbocycles. The first-order chi connectivity index (χ1) is 29.0. The van der Waals surface area contributed by atoms with Crippen LogP contribution in [-0.4, -0.2) is 92.8 Å². The highest BCUT2D eigenvalue weighted by Gasteiger charge is 2.26. The second-order valence-corrected chi connectivity index (χ2v) is 18.8. The number of hydrogen-bond donors (Lipinski definition) is 3. The fourth-order valence-corrected chi connectivity index (χ4v) is 10.1. The second-order valence-electron chi connectivity index (χ2n) is 15.6. The molecule has 2 heterocycles. The molecule has 2 aliphatic heterocycles. The van der Waals surface area contributed by atoms with Crippen LogP contribution in [0.5, 0.6) is 0 Å². The third-order valence-corrected chi connectivity index (χ3v) is 14.2. The maximum absolute atomic E-state index is 13.5. The van der Waals surface area contributed by atoms with Gasteiger partial charge in [-0.3, -0.25) is 14.5 Å². The SMILES string of the molecule is Cc1cc(S(=O)(=O)NC(=O)c2ccc(N3CCN(Cc4ccccc4-c4ccc(Cl)cc4)CC3)cc2)ccc1N[C@H](CCN1CCC(C(=O)O)CC1)CSc1ccccc1. The van der Waals surface area contributed by atoms with Crippen molar-refractivity contribution in [2.24, 2.45) is 5.92 Å². The molecule has 0 radical (unpaired) electrons. The summed E-state index contributed by atoms with van der Waals surface area (Å²) in [4.78, 5) is 32.9. The van der Waals surface area contributed by atoms with Crippen molar-refractivity contribution in [3.63, 3.8) is 0 Å². The van der Waals surface area contributed by atoms with E-state index in [2.05, 4.69) is 73.3 Å². The van der Waals surface area contributed by atoms with Crippen LogP contribution in [0.4, 0.5) is 11.4 Å². The Bertz CT molecular complexity index is 2330. The Kier molecular flexibility index (Phi) is 14.5. The molecule has 13 heteroatoms. The zero-order valence-corrected chi connectivity index (χ0v) is 36.2. The number of carbonyl (C=O) groups is 2. The van der Waals surface area contributed by atoms with E-state index in [4.69, 9.17) is 11.6 Å². The number of carbonyl (C=O) groups excluding carboxylic acids is 1. The number of hydrogen-bond acceptors (Lipinski definition) is 9. The summed E-state index contributed by atoms with van der Waals surface area (Å²) in [6, 6.07) is 38.7. The molecule has 1 amide bonds. The number of benzene rings is 5. The van der Waals surface area contributed by atoms with Gasteiger partial charge in [-0.25, -0.2) is 13.1 Å². The summed E-state index contributed by atoms with van der Waals surface area (Å²) in [7, 11) is -4.14. The first-order valence-electron chi connectivity index (χ1n) is 20.5. The Hall–Kier alpha value is -4.85. The molecule has 10 nitrogen and oxygen atoms in total. The monoisotopic (exact) mass is 865 g/mol. The van der Waals surface area contributed by atoms with Crippen LogP contribution in [0.25, 0.3) is 11.1 Å². The highest BCUT2D eigenvalue weighted by molar-refractivity contribution is 7.99. The van der Waals surface area contributed by atoms with Crippen molar-refractivity contribution in [2.75, 3.05) is 61.8 Å². The molecule has 5 aromatic rings. The van der Waals surface area contributed by atoms with Gasteiger partial charge < -0.3 is 20.2 Å². The lowest BCUT2D eigenvalue weighted by Crippen LogP contribution is -2.46. The highest BCUT2D eigenvalue weighted by Crippen LogP contribution is 2.29. The van der Waals surface area contributed by atoms with Gasteiger partial charge in [0.2, 0.25) is 0 Å². The van der Waals surface area contributed by atoms with Gasteiger partial charge in [-0.15, -0.1) is 11.8 Å². The average molecular weight is 867 g/mol. The summed E-state index contributed by atoms with van der Waals surface area (Å²) in [5.74, 6) is -0.877. The zero-order chi connectivity index (χ0) is 42.1. The van der Waals surface area contributed by atoms with Crippen LogP contribution in [-0.2, 0) is 21.4 Å². The van der Waals surface area contributed by atoms with Gasteiger partial charge in [-0.05, 0) is 128 Å². The fourth-order valence-electron chi connectivity index (χ4n) is 7.88. The number of piperazine rings is 1. The van der Waals surface area contributed by atoms with Gasteiger partial charge in [0.15, 0.2) is 0 Å². The minimum atomic E-state index is -4.14. The van der Waals surface area contributed by atoms with Crippen molar-refractivity contribution >= 4 is 56.6 Å². The fraction of sp³-hybridized carbons (Fsp3) is 0.319. The number of carboxylic acid groups (broad SMARTS) is 1. The van der Waals surface area contributed by atoms with Gasteiger partial charge in [0.25, 0.3) is 15.9 Å². The van der Waals surface area contributed by atoms with Crippen molar-refractivity contribution in [3.8, 4) is 11.1 Å². The second kappa shape index (κ2) is 20.1. The Labute approximate surface area is 363 Å². The number of amides is 1. The Balaban J connectivity index is 0.924. The van der Waals surface area contributed by atoms with E-state index < -0.39 is 21.9 Å². The number of anilines is 2. The zero-order valence-electron chi connectivity index (χ0n) is 33.8. The van der Waals surface area contributed by atoms with Crippen molar-refractivity contribution in [3.05, 3.63) is 143 Å². The topological polar surface area (TPSA) is 122 Å². The van der Waals surface area contributed by atoms with Crippen LogP contribution < -0.4 is 14.9 Å². The Morgan fingerprint density at radius 1 is 0.817 bits per heavy atom. The molecule has 0 aliphatic carbocycles. The Morgan fingerprint density at radius 2 is 1.50 bits per heavy atom. The predicted octanol–water partition coefficient (Wildman–Crippen LogP) is 8.52. The van der Waals surface area contributed by atoms with Crippen LogP contribution in [0.2, 0.25) is 5.02 Å². The predicted molar refractivity (Wildman–Crippen MR) is 243 cm³/mol. The molecule has 0 unspecified atom stereocenters. The maximum atomic E-state index is 13.5. The molecular weight excluding hydrogens is 814 g/mol. The molecule has 1 atom stereocenters. The molecule has 0 spiro atoms. The molecule has 60 heavy (non-hydrogen) atoms. The van der Waals surface area contributed by atoms with Gasteiger partial charge in [0.05, 0.1) is 10.8 Å². The van der Waals surface area contributed by atoms with Gasteiger partial charge in [-0.1, -0.05) is 66.2 Å². The van der Waals surface area contributed by atoms with Gasteiger partial charge in [-0.2, -0.15) is 0 Å². The first-order valence-corrected chi connectivity index (χ1v) is 23.3. The number of nitrogens with one attached hydrogen (secondary N) is 2. The Morgan fingerprint density at radius 3 is 2.18 bits per heavy atom. The van der Waals surface area contributed by atoms with E-state index in [-0.39, 0.29) is 22.4 Å². The number of aryl methyl sites for hydroxylation is 1. The van der Waals surface area contributed by atoms with Crippen LogP contribution in [0.3, 0.4) is 0 Å². The number of halogens is 1. The molecule has 314 valence electrons. The lowest BCUT2D eigenvalue weighted by atomic mass is 9.97. The lowest BCUT2D eigenvalue weighted by molar-refractivity contribution is -0.143. The highest BCUT2D eigenvalue weighted by atomic mass is 35.5. The van der Waals surface area contributed by atoms with Crippen molar-refractivity contribution in [2.45, 2.75) is 48.6 Å².